The van der Waals surface area contributed by atoms with Crippen LogP contribution >= 0.6 is 45.2 Å². The van der Waals surface area contributed by atoms with Gasteiger partial charge in [-0.3, -0.25) is 0 Å². The highest BCUT2D eigenvalue weighted by Crippen LogP contribution is 2.29. The molecule has 1 aromatic heterocycles. The Balaban J connectivity index is 2.61. The molecule has 0 aliphatic rings. The molecule has 0 fully saturated rings. The fourth-order valence-electron chi connectivity index (χ4n) is 2.60. The highest BCUT2D eigenvalue weighted by Gasteiger charge is 2.13. The Morgan fingerprint density at radius 1 is 0.950 bits per heavy atom. The van der Waals surface area contributed by atoms with Crippen LogP contribution < -0.4 is 0 Å². The third-order valence-electron chi connectivity index (χ3n) is 3.85. The average Bonchev–Trinajstić information content (AvgIpc) is 2.45. The summed E-state index contributed by atoms with van der Waals surface area (Å²) in [4.78, 5) is 4.55. The zero-order valence-electron chi connectivity index (χ0n) is 12.8. The third-order valence-corrected chi connectivity index (χ3v) is 6.57. The van der Waals surface area contributed by atoms with Gasteiger partial charge >= 0.3 is 0 Å². The molecule has 0 amide bonds. The number of unbranched alkanes of at least 4 members (excludes halogenated alkanes) is 5. The van der Waals surface area contributed by atoms with Crippen molar-refractivity contribution in [1.29, 1.82) is 0 Å². The molecule has 0 spiro atoms. The fraction of sp³-hybridized carbons (Fsp3) is 0.706. The van der Waals surface area contributed by atoms with Gasteiger partial charge in [0.25, 0.3) is 0 Å². The number of nitrogens with zero attached hydrogens (tertiary/aromatic N) is 1. The standard InChI is InChI=1S/C17H27I2N/c1-3-5-7-9-11-14(10-8-6-4-2)15-12-16(18)17(19)20-13-15/h12-14H,3-11H2,1-2H3. The largest absolute Gasteiger partial charge is 0.249 e. The van der Waals surface area contributed by atoms with Gasteiger partial charge in [0.05, 0.1) is 0 Å². The molecule has 20 heavy (non-hydrogen) atoms. The molecule has 1 unspecified atom stereocenters. The molecule has 0 aliphatic carbocycles. The van der Waals surface area contributed by atoms with E-state index < -0.39 is 0 Å². The van der Waals surface area contributed by atoms with E-state index in [1.54, 1.807) is 0 Å². The van der Waals surface area contributed by atoms with Crippen molar-refractivity contribution >= 4 is 45.2 Å². The van der Waals surface area contributed by atoms with Crippen LogP contribution in [0, 0.1) is 7.27 Å². The minimum Gasteiger partial charge on any atom is -0.249 e. The minimum absolute atomic E-state index is 0.719. The van der Waals surface area contributed by atoms with Crippen LogP contribution in [0.5, 0.6) is 0 Å². The Morgan fingerprint density at radius 3 is 2.15 bits per heavy atom. The molecule has 0 aromatic carbocycles. The quantitative estimate of drug-likeness (QED) is 0.194. The van der Waals surface area contributed by atoms with Gasteiger partial charge in [-0.05, 0) is 75.6 Å². The van der Waals surface area contributed by atoms with Crippen LogP contribution in [0.1, 0.15) is 83.1 Å². The maximum Gasteiger partial charge on any atom is 0.114 e. The summed E-state index contributed by atoms with van der Waals surface area (Å²) in [5, 5.41) is 0. The van der Waals surface area contributed by atoms with E-state index in [2.05, 4.69) is 76.3 Å². The van der Waals surface area contributed by atoms with Gasteiger partial charge < -0.3 is 0 Å². The minimum atomic E-state index is 0.719. The SMILES string of the molecule is CCCCCCC(CCCCC)c1cnc(I)c(I)c1. The summed E-state index contributed by atoms with van der Waals surface area (Å²) in [7, 11) is 0. The van der Waals surface area contributed by atoms with Crippen LogP contribution in [0.4, 0.5) is 0 Å². The summed E-state index contributed by atoms with van der Waals surface area (Å²) >= 11 is 4.73. The van der Waals surface area contributed by atoms with Gasteiger partial charge in [-0.25, -0.2) is 4.98 Å². The lowest BCUT2D eigenvalue weighted by atomic mass is 9.89. The van der Waals surface area contributed by atoms with E-state index in [1.807, 2.05) is 0 Å². The predicted octanol–water partition coefficient (Wildman–Crippen LogP) is 6.93. The first-order chi connectivity index (χ1) is 9.69. The van der Waals surface area contributed by atoms with E-state index in [-0.39, 0.29) is 0 Å². The number of rotatable bonds is 10. The van der Waals surface area contributed by atoms with E-state index in [9.17, 15) is 0 Å². The predicted molar refractivity (Wildman–Crippen MR) is 105 cm³/mol. The second kappa shape index (κ2) is 11.2. The fourth-order valence-corrected chi connectivity index (χ4v) is 3.39. The van der Waals surface area contributed by atoms with Crippen molar-refractivity contribution in [3.8, 4) is 0 Å². The number of hydrogen-bond donors (Lipinski definition) is 0. The molecule has 3 heteroatoms. The molecular weight excluding hydrogens is 472 g/mol. The number of aromatic nitrogens is 1. The molecule has 1 atom stereocenters. The van der Waals surface area contributed by atoms with Crippen LogP contribution in [0.25, 0.3) is 0 Å². The Kier molecular flexibility index (Phi) is 10.5. The molecule has 0 N–H and O–H groups in total. The summed E-state index contributed by atoms with van der Waals surface area (Å²) in [5.41, 5.74) is 1.46. The van der Waals surface area contributed by atoms with Gasteiger partial charge in [0.1, 0.15) is 3.70 Å². The van der Waals surface area contributed by atoms with Crippen LogP contribution in [0.15, 0.2) is 12.3 Å². The van der Waals surface area contributed by atoms with Crippen molar-refractivity contribution in [3.05, 3.63) is 25.1 Å². The molecule has 1 rings (SSSR count). The maximum atomic E-state index is 4.55. The van der Waals surface area contributed by atoms with Crippen molar-refractivity contribution < 1.29 is 0 Å². The highest BCUT2D eigenvalue weighted by atomic mass is 127. The Labute approximate surface area is 152 Å². The van der Waals surface area contributed by atoms with Crippen molar-refractivity contribution in [2.24, 2.45) is 0 Å². The summed E-state index contributed by atoms with van der Waals surface area (Å²) in [6.45, 7) is 4.57. The van der Waals surface area contributed by atoms with E-state index in [1.165, 1.54) is 66.9 Å². The first kappa shape index (κ1) is 18.7. The lowest BCUT2D eigenvalue weighted by molar-refractivity contribution is 0.500. The third kappa shape index (κ3) is 7.05. The highest BCUT2D eigenvalue weighted by molar-refractivity contribution is 14.1. The Bertz CT molecular complexity index is 379. The van der Waals surface area contributed by atoms with Gasteiger partial charge in [0.2, 0.25) is 0 Å². The Hall–Kier alpha value is 0.610. The van der Waals surface area contributed by atoms with Gasteiger partial charge in [0, 0.05) is 9.77 Å². The average molecular weight is 499 g/mol. The number of hydrogen-bond acceptors (Lipinski definition) is 1. The second-order valence-corrected chi connectivity index (χ2v) is 7.77. The van der Waals surface area contributed by atoms with Crippen molar-refractivity contribution in [3.63, 3.8) is 0 Å². The topological polar surface area (TPSA) is 12.9 Å². The first-order valence-electron chi connectivity index (χ1n) is 8.00. The van der Waals surface area contributed by atoms with Crippen molar-refractivity contribution in [2.75, 3.05) is 0 Å². The molecular formula is C17H27I2N. The van der Waals surface area contributed by atoms with Crippen molar-refractivity contribution in [2.45, 2.75) is 77.6 Å². The molecule has 1 heterocycles. The first-order valence-corrected chi connectivity index (χ1v) is 10.2. The van der Waals surface area contributed by atoms with Gasteiger partial charge in [-0.1, -0.05) is 58.8 Å². The monoisotopic (exact) mass is 499 g/mol. The van der Waals surface area contributed by atoms with Crippen LogP contribution in [0.2, 0.25) is 0 Å². The molecule has 0 bridgehead atoms. The van der Waals surface area contributed by atoms with Gasteiger partial charge in [-0.15, -0.1) is 0 Å². The smallest absolute Gasteiger partial charge is 0.114 e. The van der Waals surface area contributed by atoms with E-state index in [0.29, 0.717) is 0 Å². The summed E-state index contributed by atoms with van der Waals surface area (Å²) in [6, 6.07) is 2.35. The molecule has 114 valence electrons. The summed E-state index contributed by atoms with van der Waals surface area (Å²) in [5.74, 6) is 0.719. The molecule has 0 radical (unpaired) electrons. The Morgan fingerprint density at radius 2 is 1.55 bits per heavy atom. The van der Waals surface area contributed by atoms with Crippen LogP contribution in [0.3, 0.4) is 0 Å². The van der Waals surface area contributed by atoms with Crippen LogP contribution in [-0.4, -0.2) is 4.98 Å². The number of pyridine rings is 1. The van der Waals surface area contributed by atoms with Crippen molar-refractivity contribution in [1.82, 2.24) is 4.98 Å². The normalized spacial score (nSPS) is 12.6. The maximum absolute atomic E-state index is 4.55. The van der Waals surface area contributed by atoms with E-state index >= 15 is 0 Å². The molecule has 0 aliphatic heterocycles. The lowest BCUT2D eigenvalue weighted by Crippen LogP contribution is -2.02. The van der Waals surface area contributed by atoms with Crippen LogP contribution in [-0.2, 0) is 0 Å². The lowest BCUT2D eigenvalue weighted by Gasteiger charge is -2.17. The summed E-state index contributed by atoms with van der Waals surface area (Å²) < 4.78 is 2.43. The second-order valence-electron chi connectivity index (χ2n) is 5.58. The molecule has 1 nitrogen and oxygen atoms in total. The molecule has 1 aromatic rings. The van der Waals surface area contributed by atoms with Gasteiger partial charge in [0.15, 0.2) is 0 Å². The summed E-state index contributed by atoms with van der Waals surface area (Å²) in [6.07, 6.45) is 14.3. The zero-order chi connectivity index (χ0) is 14.8. The molecule has 0 saturated carbocycles. The molecule has 0 saturated heterocycles. The van der Waals surface area contributed by atoms with E-state index in [4.69, 9.17) is 0 Å². The van der Waals surface area contributed by atoms with E-state index in [0.717, 1.165) is 9.62 Å². The van der Waals surface area contributed by atoms with Gasteiger partial charge in [-0.2, -0.15) is 0 Å². The zero-order valence-corrected chi connectivity index (χ0v) is 17.1. The number of halogens is 2.